The lowest BCUT2D eigenvalue weighted by atomic mass is 10.1. The quantitative estimate of drug-likeness (QED) is 0.0199. The Morgan fingerprint density at radius 3 is 1.16 bits per heavy atom. The van der Waals surface area contributed by atoms with Gasteiger partial charge in [0.1, 0.15) is 13.2 Å². The molecule has 6 nitrogen and oxygen atoms in total. The average Bonchev–Trinajstić information content (AvgIpc) is 3.29. The molecule has 0 N–H and O–H groups in total. The second kappa shape index (κ2) is 52.0. The number of hydrogen-bond donors (Lipinski definition) is 0. The summed E-state index contributed by atoms with van der Waals surface area (Å²) in [5.74, 6) is -1.01. The Balaban J connectivity index is 4.46. The van der Waals surface area contributed by atoms with Gasteiger partial charge in [0.05, 0.1) is 0 Å². The third-order valence-electron chi connectivity index (χ3n) is 10.8. The predicted molar refractivity (Wildman–Crippen MR) is 274 cm³/mol. The van der Waals surface area contributed by atoms with Crippen molar-refractivity contribution in [3.8, 4) is 0 Å². The van der Waals surface area contributed by atoms with Crippen LogP contribution in [0.5, 0.6) is 0 Å². The Morgan fingerprint density at radius 2 is 0.703 bits per heavy atom. The van der Waals surface area contributed by atoms with Gasteiger partial charge in [0, 0.05) is 19.3 Å². The highest BCUT2D eigenvalue weighted by atomic mass is 16.6. The average molecular weight is 889 g/mol. The molecular formula is C58H96O6. The summed E-state index contributed by atoms with van der Waals surface area (Å²) in [6.07, 6.45) is 68.3. The topological polar surface area (TPSA) is 78.9 Å². The lowest BCUT2D eigenvalue weighted by molar-refractivity contribution is -0.166. The Hall–Kier alpha value is -3.67. The molecule has 1 unspecified atom stereocenters. The lowest BCUT2D eigenvalue weighted by Crippen LogP contribution is -2.30. The summed E-state index contributed by atoms with van der Waals surface area (Å²) in [6, 6.07) is 0. The molecule has 0 fully saturated rings. The van der Waals surface area contributed by atoms with Gasteiger partial charge in [-0.2, -0.15) is 0 Å². The van der Waals surface area contributed by atoms with Crippen LogP contribution in [0.1, 0.15) is 233 Å². The first-order valence-corrected chi connectivity index (χ1v) is 26.3. The summed E-state index contributed by atoms with van der Waals surface area (Å²) in [5.41, 5.74) is 0. The third-order valence-corrected chi connectivity index (χ3v) is 10.8. The molecule has 0 aromatic heterocycles. The van der Waals surface area contributed by atoms with Crippen molar-refractivity contribution in [2.75, 3.05) is 13.2 Å². The molecule has 0 amide bonds. The van der Waals surface area contributed by atoms with E-state index in [0.717, 1.165) is 83.5 Å². The fourth-order valence-electron chi connectivity index (χ4n) is 6.87. The van der Waals surface area contributed by atoms with Gasteiger partial charge >= 0.3 is 17.9 Å². The van der Waals surface area contributed by atoms with Gasteiger partial charge in [-0.15, -0.1) is 0 Å². The molecule has 6 heteroatoms. The fourth-order valence-corrected chi connectivity index (χ4v) is 6.87. The van der Waals surface area contributed by atoms with Crippen LogP contribution in [0.3, 0.4) is 0 Å². The maximum absolute atomic E-state index is 12.8. The van der Waals surface area contributed by atoms with Crippen molar-refractivity contribution >= 4 is 17.9 Å². The van der Waals surface area contributed by atoms with Gasteiger partial charge in [-0.1, -0.05) is 214 Å². The summed E-state index contributed by atoms with van der Waals surface area (Å²) in [7, 11) is 0. The van der Waals surface area contributed by atoms with Gasteiger partial charge in [-0.25, -0.2) is 0 Å². The molecule has 1 atom stereocenters. The van der Waals surface area contributed by atoms with Crippen LogP contribution >= 0.6 is 0 Å². The van der Waals surface area contributed by atoms with Gasteiger partial charge in [-0.05, 0) is 96.3 Å². The third kappa shape index (κ3) is 49.3. The maximum Gasteiger partial charge on any atom is 0.306 e. The number of esters is 3. The highest BCUT2D eigenvalue weighted by Gasteiger charge is 2.19. The van der Waals surface area contributed by atoms with Crippen LogP contribution in [0, 0.1) is 0 Å². The molecule has 0 aliphatic rings. The molecule has 364 valence electrons. The van der Waals surface area contributed by atoms with Gasteiger partial charge in [0.2, 0.25) is 0 Å². The molecular weight excluding hydrogens is 793 g/mol. The Labute approximate surface area is 394 Å². The zero-order valence-corrected chi connectivity index (χ0v) is 41.5. The summed E-state index contributed by atoms with van der Waals surface area (Å²) in [4.78, 5) is 37.9. The van der Waals surface area contributed by atoms with E-state index in [4.69, 9.17) is 14.2 Å². The van der Waals surface area contributed by atoms with Gasteiger partial charge in [0.15, 0.2) is 6.10 Å². The first kappa shape index (κ1) is 60.3. The molecule has 0 heterocycles. The summed E-state index contributed by atoms with van der Waals surface area (Å²) in [6.45, 7) is 6.38. The van der Waals surface area contributed by atoms with Crippen molar-refractivity contribution in [1.29, 1.82) is 0 Å². The molecule has 0 aliphatic heterocycles. The molecule has 0 aromatic carbocycles. The molecule has 0 aliphatic carbocycles. The Bertz CT molecular complexity index is 1300. The van der Waals surface area contributed by atoms with E-state index in [2.05, 4.69) is 106 Å². The minimum absolute atomic E-state index is 0.112. The van der Waals surface area contributed by atoms with Crippen LogP contribution in [-0.2, 0) is 28.6 Å². The van der Waals surface area contributed by atoms with E-state index < -0.39 is 12.1 Å². The van der Waals surface area contributed by atoms with Gasteiger partial charge in [0.25, 0.3) is 0 Å². The SMILES string of the molecule is CC/C=C\C/C=C\C/C=C\C/C=C\C/C=C\CCC(=O)OC(COC(=O)CCCCCCC/C=C\CCCC)COC(=O)CCCCCCCCCCCC/C=C\C=C/CCCCC. The second-order valence-electron chi connectivity index (χ2n) is 17.1. The van der Waals surface area contributed by atoms with E-state index >= 15 is 0 Å². The first-order valence-electron chi connectivity index (χ1n) is 26.3. The smallest absolute Gasteiger partial charge is 0.306 e. The number of carbonyl (C=O) groups is 3. The highest BCUT2D eigenvalue weighted by molar-refractivity contribution is 5.71. The Morgan fingerprint density at radius 1 is 0.344 bits per heavy atom. The van der Waals surface area contributed by atoms with Crippen molar-refractivity contribution < 1.29 is 28.6 Å². The van der Waals surface area contributed by atoms with E-state index in [-0.39, 0.29) is 31.6 Å². The van der Waals surface area contributed by atoms with E-state index in [9.17, 15) is 14.4 Å². The fraction of sp³-hybridized carbons (Fsp3) is 0.672. The minimum atomic E-state index is -0.821. The highest BCUT2D eigenvalue weighted by Crippen LogP contribution is 2.14. The molecule has 0 bridgehead atoms. The minimum Gasteiger partial charge on any atom is -0.462 e. The van der Waals surface area contributed by atoms with Gasteiger partial charge < -0.3 is 14.2 Å². The monoisotopic (exact) mass is 889 g/mol. The normalized spacial score (nSPS) is 12.9. The van der Waals surface area contributed by atoms with Gasteiger partial charge in [-0.3, -0.25) is 14.4 Å². The molecule has 0 spiro atoms. The van der Waals surface area contributed by atoms with Crippen molar-refractivity contribution in [2.45, 2.75) is 239 Å². The molecule has 64 heavy (non-hydrogen) atoms. The summed E-state index contributed by atoms with van der Waals surface area (Å²) >= 11 is 0. The zero-order chi connectivity index (χ0) is 46.5. The van der Waals surface area contributed by atoms with Crippen LogP contribution in [0.2, 0.25) is 0 Å². The number of rotatable bonds is 46. The molecule has 0 saturated carbocycles. The second-order valence-corrected chi connectivity index (χ2v) is 17.1. The zero-order valence-electron chi connectivity index (χ0n) is 41.5. The molecule has 0 rings (SSSR count). The number of allylic oxidation sites excluding steroid dienone is 16. The standard InChI is InChI=1S/C58H96O6/c1-4-7-10-13-16-19-22-24-26-28-29-30-32-33-36-39-42-45-48-51-57(60)63-54-55(53-62-56(59)50-47-44-41-38-35-21-18-15-12-9-6-3)64-58(61)52-49-46-43-40-37-34-31-27-25-23-20-17-14-11-8-5-2/h8,11,15-20,22,24-25,27,34,37,43,46,55H,4-7,9-10,12-14,21,23,26,28-33,35-36,38-42,44-45,47-54H2,1-3H3/b11-8-,18-15-,19-16-,20-17-,24-22-,27-25-,37-34-,46-43-. The van der Waals surface area contributed by atoms with Crippen LogP contribution in [0.25, 0.3) is 0 Å². The van der Waals surface area contributed by atoms with Crippen molar-refractivity contribution in [3.63, 3.8) is 0 Å². The van der Waals surface area contributed by atoms with Crippen LogP contribution < -0.4 is 0 Å². The van der Waals surface area contributed by atoms with E-state index in [1.165, 1.54) is 103 Å². The van der Waals surface area contributed by atoms with E-state index in [1.807, 2.05) is 12.2 Å². The van der Waals surface area contributed by atoms with Crippen molar-refractivity contribution in [3.05, 3.63) is 97.2 Å². The summed E-state index contributed by atoms with van der Waals surface area (Å²) < 4.78 is 16.7. The Kier molecular flexibility index (Phi) is 49.0. The number of ether oxygens (including phenoxy) is 3. The first-order chi connectivity index (χ1) is 31.5. The predicted octanol–water partition coefficient (Wildman–Crippen LogP) is 17.4. The number of unbranched alkanes of at least 4 members (excludes halogenated alkanes) is 20. The molecule has 0 saturated heterocycles. The van der Waals surface area contributed by atoms with E-state index in [0.29, 0.717) is 19.3 Å². The largest absolute Gasteiger partial charge is 0.462 e. The summed E-state index contributed by atoms with van der Waals surface area (Å²) in [5, 5.41) is 0. The van der Waals surface area contributed by atoms with E-state index in [1.54, 1.807) is 0 Å². The maximum atomic E-state index is 12.8. The lowest BCUT2D eigenvalue weighted by Gasteiger charge is -2.18. The number of carbonyl (C=O) groups excluding carboxylic acids is 3. The van der Waals surface area contributed by atoms with Crippen LogP contribution in [-0.4, -0.2) is 37.2 Å². The molecule has 0 aromatic rings. The van der Waals surface area contributed by atoms with Crippen molar-refractivity contribution in [2.24, 2.45) is 0 Å². The van der Waals surface area contributed by atoms with Crippen LogP contribution in [0.15, 0.2) is 97.2 Å². The van der Waals surface area contributed by atoms with Crippen molar-refractivity contribution in [1.82, 2.24) is 0 Å². The van der Waals surface area contributed by atoms with Crippen LogP contribution in [0.4, 0.5) is 0 Å². The number of hydrogen-bond acceptors (Lipinski definition) is 6. The molecule has 0 radical (unpaired) electrons.